The number of methoxy groups -OCH3 is 2. The highest BCUT2D eigenvalue weighted by Crippen LogP contribution is 2.30. The highest BCUT2D eigenvalue weighted by Gasteiger charge is 2.21. The van der Waals surface area contributed by atoms with Crippen molar-refractivity contribution < 1.29 is 28.5 Å². The number of hydrogen-bond acceptors (Lipinski definition) is 6. The molecule has 0 radical (unpaired) electrons. The van der Waals surface area contributed by atoms with Crippen LogP contribution in [0.1, 0.15) is 15.9 Å². The predicted octanol–water partition coefficient (Wildman–Crippen LogP) is 2.12. The third-order valence-corrected chi connectivity index (χ3v) is 4.18. The molecule has 8 heteroatoms. The van der Waals surface area contributed by atoms with Gasteiger partial charge in [0.05, 0.1) is 20.8 Å². The Labute approximate surface area is 162 Å². The van der Waals surface area contributed by atoms with E-state index in [0.717, 1.165) is 5.56 Å². The van der Waals surface area contributed by atoms with E-state index in [0.29, 0.717) is 36.0 Å². The van der Waals surface area contributed by atoms with Gasteiger partial charge in [0.1, 0.15) is 17.9 Å². The van der Waals surface area contributed by atoms with Crippen molar-refractivity contribution in [2.75, 3.05) is 27.4 Å². The van der Waals surface area contributed by atoms with Crippen molar-refractivity contribution in [2.45, 2.75) is 12.6 Å². The summed E-state index contributed by atoms with van der Waals surface area (Å²) in [5, 5.41) is 5.49. The van der Waals surface area contributed by atoms with Crippen molar-refractivity contribution in [3.8, 4) is 17.2 Å². The van der Waals surface area contributed by atoms with Crippen LogP contribution in [-0.4, -0.2) is 45.5 Å². The predicted molar refractivity (Wildman–Crippen MR) is 101 cm³/mol. The minimum Gasteiger partial charge on any atom is -0.496 e. The normalized spacial score (nSPS) is 14.7. The molecule has 0 aliphatic carbocycles. The average molecular weight is 386 g/mol. The molecule has 0 bridgehead atoms. The monoisotopic (exact) mass is 386 g/mol. The van der Waals surface area contributed by atoms with Crippen LogP contribution in [0, 0.1) is 0 Å². The summed E-state index contributed by atoms with van der Waals surface area (Å²) in [6, 6.07) is 12.1. The Hall–Kier alpha value is -3.42. The lowest BCUT2D eigenvalue weighted by Gasteiger charge is -2.26. The fourth-order valence-corrected chi connectivity index (χ4v) is 2.75. The molecular weight excluding hydrogens is 364 g/mol. The van der Waals surface area contributed by atoms with Crippen LogP contribution in [0.2, 0.25) is 0 Å². The molecule has 0 saturated heterocycles. The van der Waals surface area contributed by atoms with Crippen LogP contribution in [0.5, 0.6) is 17.2 Å². The number of rotatable bonds is 6. The molecule has 2 aromatic rings. The summed E-state index contributed by atoms with van der Waals surface area (Å²) < 4.78 is 21.3. The van der Waals surface area contributed by atoms with Gasteiger partial charge in [0.15, 0.2) is 17.6 Å². The summed E-state index contributed by atoms with van der Waals surface area (Å²) in [5.41, 5.74) is 1.04. The van der Waals surface area contributed by atoms with Gasteiger partial charge >= 0.3 is 12.0 Å². The Balaban J connectivity index is 1.49. The summed E-state index contributed by atoms with van der Waals surface area (Å²) in [5.74, 6) is 1.27. The second-order valence-electron chi connectivity index (χ2n) is 6.09. The molecule has 1 atom stereocenters. The molecule has 28 heavy (non-hydrogen) atoms. The standard InChI is InChI=1S/C20H22N2O6/c1-25-16-8-7-13(9-15(16)19(23)26-2)10-21-20(24)22-11-14-12-27-17-5-3-4-6-18(17)28-14/h3-9,14H,10-12H2,1-2H3,(H2,21,22,24). The van der Waals surface area contributed by atoms with Gasteiger partial charge in [-0.1, -0.05) is 18.2 Å². The van der Waals surface area contributed by atoms with E-state index < -0.39 is 5.97 Å². The molecule has 2 N–H and O–H groups in total. The molecular formula is C20H22N2O6. The molecule has 8 nitrogen and oxygen atoms in total. The zero-order chi connectivity index (χ0) is 19.9. The van der Waals surface area contributed by atoms with E-state index in [1.807, 2.05) is 24.3 Å². The molecule has 0 fully saturated rings. The maximum atomic E-state index is 12.1. The topological polar surface area (TPSA) is 95.1 Å². The summed E-state index contributed by atoms with van der Waals surface area (Å²) in [6.07, 6.45) is -0.271. The van der Waals surface area contributed by atoms with Crippen molar-refractivity contribution in [3.05, 3.63) is 53.6 Å². The SMILES string of the molecule is COC(=O)c1cc(CNC(=O)NCC2COc3ccccc3O2)ccc1OC. The zero-order valence-corrected chi connectivity index (χ0v) is 15.7. The van der Waals surface area contributed by atoms with Crippen LogP contribution in [0.4, 0.5) is 4.79 Å². The number of fused-ring (bicyclic) bond motifs is 1. The fourth-order valence-electron chi connectivity index (χ4n) is 2.75. The van der Waals surface area contributed by atoms with Crippen LogP contribution >= 0.6 is 0 Å². The number of carbonyl (C=O) groups excluding carboxylic acids is 2. The first-order chi connectivity index (χ1) is 13.6. The van der Waals surface area contributed by atoms with Crippen molar-refractivity contribution in [1.82, 2.24) is 10.6 Å². The molecule has 0 aromatic heterocycles. The molecule has 3 rings (SSSR count). The van der Waals surface area contributed by atoms with E-state index in [2.05, 4.69) is 10.6 Å². The van der Waals surface area contributed by atoms with Crippen LogP contribution in [0.15, 0.2) is 42.5 Å². The summed E-state index contributed by atoms with van der Waals surface area (Å²) >= 11 is 0. The number of urea groups is 1. The van der Waals surface area contributed by atoms with E-state index >= 15 is 0 Å². The van der Waals surface area contributed by atoms with E-state index in [9.17, 15) is 9.59 Å². The number of esters is 1. The number of ether oxygens (including phenoxy) is 4. The molecule has 1 aliphatic rings. The first-order valence-corrected chi connectivity index (χ1v) is 8.76. The number of hydrogen-bond donors (Lipinski definition) is 2. The Morgan fingerprint density at radius 1 is 1.11 bits per heavy atom. The largest absolute Gasteiger partial charge is 0.496 e. The van der Waals surface area contributed by atoms with Gasteiger partial charge in [-0.15, -0.1) is 0 Å². The van der Waals surface area contributed by atoms with Crippen LogP contribution in [0.3, 0.4) is 0 Å². The van der Waals surface area contributed by atoms with Crippen LogP contribution < -0.4 is 24.8 Å². The Morgan fingerprint density at radius 2 is 1.89 bits per heavy atom. The molecule has 1 unspecified atom stereocenters. The highest BCUT2D eigenvalue weighted by molar-refractivity contribution is 5.92. The van der Waals surface area contributed by atoms with E-state index in [4.69, 9.17) is 18.9 Å². The average Bonchev–Trinajstić information content (AvgIpc) is 2.75. The lowest BCUT2D eigenvalue weighted by molar-refractivity contribution is 0.0597. The summed E-state index contributed by atoms with van der Waals surface area (Å²) in [4.78, 5) is 23.9. The highest BCUT2D eigenvalue weighted by atomic mass is 16.6. The van der Waals surface area contributed by atoms with Gasteiger partial charge in [-0.3, -0.25) is 0 Å². The van der Waals surface area contributed by atoms with Crippen molar-refractivity contribution in [1.29, 1.82) is 0 Å². The Bertz CT molecular complexity index is 854. The molecule has 148 valence electrons. The number of para-hydroxylation sites is 2. The maximum Gasteiger partial charge on any atom is 0.341 e. The third kappa shape index (κ3) is 4.64. The molecule has 2 amide bonds. The number of amides is 2. The number of carbonyl (C=O) groups is 2. The Kier molecular flexibility index (Phi) is 6.21. The minimum atomic E-state index is -0.502. The summed E-state index contributed by atoms with van der Waals surface area (Å²) in [7, 11) is 2.78. The van der Waals surface area contributed by atoms with Gasteiger partial charge in [-0.05, 0) is 29.8 Å². The molecule has 0 spiro atoms. The van der Waals surface area contributed by atoms with Crippen LogP contribution in [0.25, 0.3) is 0 Å². The van der Waals surface area contributed by atoms with E-state index in [1.165, 1.54) is 14.2 Å². The van der Waals surface area contributed by atoms with Gasteiger partial charge in [-0.25, -0.2) is 9.59 Å². The Morgan fingerprint density at radius 3 is 2.64 bits per heavy atom. The summed E-state index contributed by atoms with van der Waals surface area (Å²) in [6.45, 7) is 0.902. The van der Waals surface area contributed by atoms with Gasteiger partial charge in [0, 0.05) is 6.54 Å². The molecule has 1 heterocycles. The number of nitrogens with one attached hydrogen (secondary N) is 2. The van der Waals surface area contributed by atoms with Gasteiger partial charge in [-0.2, -0.15) is 0 Å². The van der Waals surface area contributed by atoms with E-state index in [1.54, 1.807) is 18.2 Å². The molecule has 2 aromatic carbocycles. The van der Waals surface area contributed by atoms with Crippen molar-refractivity contribution in [3.63, 3.8) is 0 Å². The lowest BCUT2D eigenvalue weighted by atomic mass is 10.1. The maximum absolute atomic E-state index is 12.1. The smallest absolute Gasteiger partial charge is 0.341 e. The second-order valence-corrected chi connectivity index (χ2v) is 6.09. The van der Waals surface area contributed by atoms with Crippen LogP contribution in [-0.2, 0) is 11.3 Å². The van der Waals surface area contributed by atoms with Crippen molar-refractivity contribution in [2.24, 2.45) is 0 Å². The van der Waals surface area contributed by atoms with Gasteiger partial charge in [0.2, 0.25) is 0 Å². The molecule has 1 aliphatic heterocycles. The third-order valence-electron chi connectivity index (χ3n) is 4.18. The minimum absolute atomic E-state index is 0.241. The first-order valence-electron chi connectivity index (χ1n) is 8.76. The first kappa shape index (κ1) is 19.3. The van der Waals surface area contributed by atoms with Gasteiger partial charge in [0.25, 0.3) is 0 Å². The lowest BCUT2D eigenvalue weighted by Crippen LogP contribution is -2.44. The molecule has 0 saturated carbocycles. The number of benzene rings is 2. The van der Waals surface area contributed by atoms with E-state index in [-0.39, 0.29) is 18.7 Å². The van der Waals surface area contributed by atoms with Crippen molar-refractivity contribution >= 4 is 12.0 Å². The zero-order valence-electron chi connectivity index (χ0n) is 15.7. The second kappa shape index (κ2) is 8.98. The van der Waals surface area contributed by atoms with Gasteiger partial charge < -0.3 is 29.6 Å². The fraction of sp³-hybridized carbons (Fsp3) is 0.300. The quantitative estimate of drug-likeness (QED) is 0.739.